The van der Waals surface area contributed by atoms with Gasteiger partial charge in [-0.1, -0.05) is 12.8 Å². The van der Waals surface area contributed by atoms with Crippen LogP contribution in [0.3, 0.4) is 0 Å². The lowest BCUT2D eigenvalue weighted by atomic mass is 10.2. The Morgan fingerprint density at radius 1 is 1.39 bits per heavy atom. The third-order valence-corrected chi connectivity index (χ3v) is 6.26. The monoisotopic (exact) mass is 337 g/mol. The van der Waals surface area contributed by atoms with Crippen LogP contribution in [0.1, 0.15) is 44.2 Å². The van der Waals surface area contributed by atoms with Crippen LogP contribution in [0, 0.1) is 6.92 Å². The van der Waals surface area contributed by atoms with Gasteiger partial charge in [0.25, 0.3) is 10.0 Å². The molecular formula is C16H23N3O3S. The molecule has 1 fully saturated rings. The zero-order valence-electron chi connectivity index (χ0n) is 13.6. The van der Waals surface area contributed by atoms with Crippen LogP contribution in [0.4, 0.5) is 0 Å². The Labute approximate surface area is 137 Å². The van der Waals surface area contributed by atoms with Crippen molar-refractivity contribution in [2.24, 2.45) is 0 Å². The number of aryl methyl sites for hydroxylation is 2. The summed E-state index contributed by atoms with van der Waals surface area (Å²) in [6.45, 7) is 4.77. The van der Waals surface area contributed by atoms with E-state index in [1.165, 1.54) is 0 Å². The third kappa shape index (κ3) is 3.21. The molecule has 6 nitrogen and oxygen atoms in total. The van der Waals surface area contributed by atoms with E-state index in [9.17, 15) is 8.42 Å². The molecule has 2 aromatic heterocycles. The SMILES string of the molecule is CCn1cc(S(=O)(=O)N(Cc2ccco2)C2CCCC2)nc1C. The molecular weight excluding hydrogens is 314 g/mol. The first-order valence-electron chi connectivity index (χ1n) is 8.10. The topological polar surface area (TPSA) is 68.3 Å². The Morgan fingerprint density at radius 3 is 2.70 bits per heavy atom. The van der Waals surface area contributed by atoms with Gasteiger partial charge < -0.3 is 8.98 Å². The molecule has 0 atom stereocenters. The van der Waals surface area contributed by atoms with Crippen molar-refractivity contribution < 1.29 is 12.8 Å². The van der Waals surface area contributed by atoms with Gasteiger partial charge in [0.05, 0.1) is 12.8 Å². The second kappa shape index (κ2) is 6.49. The molecule has 0 aromatic carbocycles. The number of sulfonamides is 1. The zero-order valence-corrected chi connectivity index (χ0v) is 14.4. The van der Waals surface area contributed by atoms with E-state index in [1.807, 2.05) is 24.5 Å². The van der Waals surface area contributed by atoms with Gasteiger partial charge in [-0.05, 0) is 38.8 Å². The van der Waals surface area contributed by atoms with Crippen molar-refractivity contribution in [1.82, 2.24) is 13.9 Å². The van der Waals surface area contributed by atoms with Gasteiger partial charge in [0.1, 0.15) is 11.6 Å². The van der Waals surface area contributed by atoms with Crippen LogP contribution < -0.4 is 0 Å². The number of hydrogen-bond donors (Lipinski definition) is 0. The van der Waals surface area contributed by atoms with E-state index >= 15 is 0 Å². The summed E-state index contributed by atoms with van der Waals surface area (Å²) < 4.78 is 35.1. The Morgan fingerprint density at radius 2 is 2.13 bits per heavy atom. The third-order valence-electron chi connectivity index (χ3n) is 4.49. The number of furan rings is 1. The van der Waals surface area contributed by atoms with Crippen LogP contribution in [-0.4, -0.2) is 28.3 Å². The van der Waals surface area contributed by atoms with E-state index in [1.54, 1.807) is 22.8 Å². The standard InChI is InChI=1S/C16H23N3O3S/c1-3-18-12-16(17-13(18)2)23(20,21)19(14-7-4-5-8-14)11-15-9-6-10-22-15/h6,9-10,12,14H,3-5,7-8,11H2,1-2H3. The molecule has 0 aliphatic heterocycles. The van der Waals surface area contributed by atoms with Gasteiger partial charge in [-0.15, -0.1) is 0 Å². The lowest BCUT2D eigenvalue weighted by molar-refractivity contribution is 0.291. The fraction of sp³-hybridized carbons (Fsp3) is 0.562. The second-order valence-corrected chi connectivity index (χ2v) is 7.82. The fourth-order valence-electron chi connectivity index (χ4n) is 3.20. The summed E-state index contributed by atoms with van der Waals surface area (Å²) in [7, 11) is -3.63. The predicted octanol–water partition coefficient (Wildman–Crippen LogP) is 2.94. The van der Waals surface area contributed by atoms with Gasteiger partial charge in [-0.3, -0.25) is 0 Å². The van der Waals surface area contributed by atoms with Crippen LogP contribution in [0.2, 0.25) is 0 Å². The molecule has 0 bridgehead atoms. The van der Waals surface area contributed by atoms with E-state index in [4.69, 9.17) is 4.42 Å². The van der Waals surface area contributed by atoms with Gasteiger partial charge in [-0.25, -0.2) is 13.4 Å². The van der Waals surface area contributed by atoms with Crippen molar-refractivity contribution in [3.8, 4) is 0 Å². The first kappa shape index (κ1) is 16.3. The summed E-state index contributed by atoms with van der Waals surface area (Å²) >= 11 is 0. The molecule has 1 saturated carbocycles. The van der Waals surface area contributed by atoms with Gasteiger partial charge in [0, 0.05) is 18.8 Å². The minimum Gasteiger partial charge on any atom is -0.468 e. The van der Waals surface area contributed by atoms with Gasteiger partial charge in [-0.2, -0.15) is 4.31 Å². The maximum Gasteiger partial charge on any atom is 0.262 e. The van der Waals surface area contributed by atoms with Crippen molar-refractivity contribution in [2.45, 2.75) is 63.7 Å². The van der Waals surface area contributed by atoms with E-state index in [0.29, 0.717) is 12.3 Å². The van der Waals surface area contributed by atoms with Crippen LogP contribution in [0.5, 0.6) is 0 Å². The fourth-order valence-corrected chi connectivity index (χ4v) is 4.85. The lowest BCUT2D eigenvalue weighted by Crippen LogP contribution is -2.38. The molecule has 2 heterocycles. The van der Waals surface area contributed by atoms with E-state index in [2.05, 4.69) is 4.98 Å². The predicted molar refractivity (Wildman–Crippen MR) is 86.3 cm³/mol. The molecule has 23 heavy (non-hydrogen) atoms. The first-order chi connectivity index (χ1) is 11.0. The number of aromatic nitrogens is 2. The molecule has 1 aliphatic rings. The summed E-state index contributed by atoms with van der Waals surface area (Å²) in [6, 6.07) is 3.62. The molecule has 2 aromatic rings. The van der Waals surface area contributed by atoms with Gasteiger partial charge in [0.15, 0.2) is 5.03 Å². The van der Waals surface area contributed by atoms with Crippen LogP contribution in [-0.2, 0) is 23.1 Å². The van der Waals surface area contributed by atoms with E-state index < -0.39 is 10.0 Å². The highest BCUT2D eigenvalue weighted by Crippen LogP contribution is 2.30. The molecule has 1 aliphatic carbocycles. The zero-order chi connectivity index (χ0) is 16.4. The Kier molecular flexibility index (Phi) is 4.59. The molecule has 0 N–H and O–H groups in total. The van der Waals surface area contributed by atoms with Crippen molar-refractivity contribution in [1.29, 1.82) is 0 Å². The second-order valence-electron chi connectivity index (χ2n) is 5.98. The normalized spacial score (nSPS) is 16.5. The largest absolute Gasteiger partial charge is 0.468 e. The number of imidazole rings is 1. The maximum atomic E-state index is 13.1. The summed E-state index contributed by atoms with van der Waals surface area (Å²) in [5, 5.41) is 0.135. The number of nitrogens with zero attached hydrogens (tertiary/aromatic N) is 3. The van der Waals surface area contributed by atoms with E-state index in [0.717, 1.165) is 31.5 Å². The Balaban J connectivity index is 1.95. The number of hydrogen-bond acceptors (Lipinski definition) is 4. The van der Waals surface area contributed by atoms with Crippen LogP contribution in [0.15, 0.2) is 34.0 Å². The summed E-state index contributed by atoms with van der Waals surface area (Å²) in [6.07, 6.45) is 7.13. The van der Waals surface area contributed by atoms with Crippen molar-refractivity contribution in [2.75, 3.05) is 0 Å². The minimum absolute atomic E-state index is 0.0252. The number of rotatable bonds is 6. The average molecular weight is 337 g/mol. The molecule has 126 valence electrons. The van der Waals surface area contributed by atoms with Crippen molar-refractivity contribution in [3.05, 3.63) is 36.2 Å². The summed E-state index contributed by atoms with van der Waals surface area (Å²) in [5.41, 5.74) is 0. The quantitative estimate of drug-likeness (QED) is 0.813. The highest BCUT2D eigenvalue weighted by atomic mass is 32.2. The summed E-state index contributed by atoms with van der Waals surface area (Å²) in [5.74, 6) is 1.38. The van der Waals surface area contributed by atoms with Crippen molar-refractivity contribution >= 4 is 10.0 Å². The molecule has 0 amide bonds. The minimum atomic E-state index is -3.63. The Hall–Kier alpha value is -1.60. The van der Waals surface area contributed by atoms with Crippen LogP contribution >= 0.6 is 0 Å². The Bertz CT molecular complexity index is 744. The lowest BCUT2D eigenvalue weighted by Gasteiger charge is -2.26. The summed E-state index contributed by atoms with van der Waals surface area (Å²) in [4.78, 5) is 4.28. The van der Waals surface area contributed by atoms with E-state index in [-0.39, 0.29) is 17.6 Å². The molecule has 0 spiro atoms. The molecule has 3 rings (SSSR count). The highest BCUT2D eigenvalue weighted by molar-refractivity contribution is 7.89. The first-order valence-corrected chi connectivity index (χ1v) is 9.54. The molecule has 7 heteroatoms. The van der Waals surface area contributed by atoms with Gasteiger partial charge >= 0.3 is 0 Å². The molecule has 0 radical (unpaired) electrons. The van der Waals surface area contributed by atoms with Crippen LogP contribution in [0.25, 0.3) is 0 Å². The average Bonchev–Trinajstić information content (AvgIpc) is 3.26. The van der Waals surface area contributed by atoms with Crippen molar-refractivity contribution in [3.63, 3.8) is 0 Å². The molecule has 0 unspecified atom stereocenters. The molecule has 0 saturated heterocycles. The highest BCUT2D eigenvalue weighted by Gasteiger charge is 2.35. The maximum absolute atomic E-state index is 13.1. The smallest absolute Gasteiger partial charge is 0.262 e. The van der Waals surface area contributed by atoms with Gasteiger partial charge in [0.2, 0.25) is 0 Å².